The Balaban J connectivity index is 3.20. The van der Waals surface area contributed by atoms with Crippen LogP contribution < -0.4 is 4.74 Å². The lowest BCUT2D eigenvalue weighted by Gasteiger charge is -2.11. The van der Waals surface area contributed by atoms with Crippen molar-refractivity contribution in [2.45, 2.75) is 19.5 Å². The van der Waals surface area contributed by atoms with Crippen LogP contribution in [0, 0.1) is 5.82 Å². The van der Waals surface area contributed by atoms with Crippen molar-refractivity contribution in [1.29, 1.82) is 0 Å². The highest BCUT2D eigenvalue weighted by Crippen LogP contribution is 2.26. The molecule has 0 unspecified atom stereocenters. The molecule has 100 valence electrons. The van der Waals surface area contributed by atoms with Crippen LogP contribution >= 0.6 is 0 Å². The van der Waals surface area contributed by atoms with Gasteiger partial charge in [0.1, 0.15) is 6.67 Å². The van der Waals surface area contributed by atoms with Gasteiger partial charge in [0.2, 0.25) is 0 Å². The fraction of sp³-hybridized carbons (Fsp3) is 0.333. The van der Waals surface area contributed by atoms with Gasteiger partial charge in [0.05, 0.1) is 12.1 Å². The average molecular weight is 271 g/mol. The van der Waals surface area contributed by atoms with Gasteiger partial charge in [0.25, 0.3) is 5.88 Å². The fourth-order valence-electron chi connectivity index (χ4n) is 1.15. The molecule has 0 spiro atoms. The molecule has 0 saturated carbocycles. The molecule has 1 N–H and O–H groups in total. The summed E-state index contributed by atoms with van der Waals surface area (Å²) < 4.78 is 64.7. The fourth-order valence-corrected chi connectivity index (χ4v) is 1.15. The molecule has 0 aliphatic carbocycles. The summed E-state index contributed by atoms with van der Waals surface area (Å²) in [5, 5.41) is 8.43. The highest BCUT2D eigenvalue weighted by Gasteiger charge is 2.34. The summed E-state index contributed by atoms with van der Waals surface area (Å²) in [5.41, 5.74) is -1.18. The molecule has 0 aromatic carbocycles. The number of hydrogen-bond acceptors (Lipinski definition) is 3. The van der Waals surface area contributed by atoms with Crippen molar-refractivity contribution < 1.29 is 36.6 Å². The summed E-state index contributed by atoms with van der Waals surface area (Å²) in [6.07, 6.45) is -6.11. The lowest BCUT2D eigenvalue weighted by molar-refractivity contribution is -0.277. The van der Waals surface area contributed by atoms with Crippen molar-refractivity contribution in [2.24, 2.45) is 0 Å². The van der Waals surface area contributed by atoms with E-state index < -0.39 is 48.4 Å². The van der Waals surface area contributed by atoms with E-state index in [1.54, 1.807) is 0 Å². The number of alkyl halides is 4. The van der Waals surface area contributed by atoms with Crippen LogP contribution in [0.15, 0.2) is 6.07 Å². The Morgan fingerprint density at radius 3 is 2.50 bits per heavy atom. The van der Waals surface area contributed by atoms with Crippen LogP contribution in [-0.2, 0) is 17.9 Å². The van der Waals surface area contributed by atoms with Crippen LogP contribution in [0.5, 0.6) is 5.88 Å². The summed E-state index contributed by atoms with van der Waals surface area (Å²) in [6, 6.07) is 0.729. The van der Waals surface area contributed by atoms with Crippen LogP contribution in [0.1, 0.15) is 11.3 Å². The molecule has 18 heavy (non-hydrogen) atoms. The summed E-state index contributed by atoms with van der Waals surface area (Å²) in [4.78, 5) is 13.3. The van der Waals surface area contributed by atoms with E-state index in [4.69, 9.17) is 5.11 Å². The molecule has 4 nitrogen and oxygen atoms in total. The Morgan fingerprint density at radius 1 is 1.44 bits per heavy atom. The number of halogens is 5. The van der Waals surface area contributed by atoms with E-state index in [-0.39, 0.29) is 0 Å². The van der Waals surface area contributed by atoms with Crippen molar-refractivity contribution in [1.82, 2.24) is 4.98 Å². The molecule has 1 aromatic rings. The first kappa shape index (κ1) is 14.1. The van der Waals surface area contributed by atoms with E-state index >= 15 is 0 Å². The Labute approximate surface area is 97.0 Å². The molecule has 0 bridgehead atoms. The van der Waals surface area contributed by atoms with Gasteiger partial charge in [-0.1, -0.05) is 0 Å². The van der Waals surface area contributed by atoms with Crippen molar-refractivity contribution in [2.75, 3.05) is 0 Å². The number of aliphatic carboxylic acids is 1. The molecule has 0 fully saturated rings. The predicted molar refractivity (Wildman–Crippen MR) is 47.0 cm³/mol. The van der Waals surface area contributed by atoms with Crippen LogP contribution in [0.3, 0.4) is 0 Å². The van der Waals surface area contributed by atoms with Gasteiger partial charge in [0, 0.05) is 5.56 Å². The molecule has 0 radical (unpaired) electrons. The zero-order valence-corrected chi connectivity index (χ0v) is 8.59. The van der Waals surface area contributed by atoms with Gasteiger partial charge >= 0.3 is 12.3 Å². The molecular weight excluding hydrogens is 265 g/mol. The summed E-state index contributed by atoms with van der Waals surface area (Å²) in [7, 11) is 0. The van der Waals surface area contributed by atoms with Crippen LogP contribution in [0.4, 0.5) is 22.0 Å². The van der Waals surface area contributed by atoms with E-state index in [2.05, 4.69) is 9.72 Å². The van der Waals surface area contributed by atoms with E-state index in [1.807, 2.05) is 0 Å². The first-order valence-electron chi connectivity index (χ1n) is 4.44. The Kier molecular flexibility index (Phi) is 4.04. The van der Waals surface area contributed by atoms with Gasteiger partial charge in [-0.05, 0) is 6.07 Å². The minimum absolute atomic E-state index is 0.549. The molecule has 1 aromatic heterocycles. The minimum Gasteiger partial charge on any atom is -0.481 e. The molecular formula is C9H6F5NO3. The largest absolute Gasteiger partial charge is 0.574 e. The van der Waals surface area contributed by atoms with Gasteiger partial charge in [-0.25, -0.2) is 13.8 Å². The topological polar surface area (TPSA) is 59.4 Å². The molecule has 1 heterocycles. The van der Waals surface area contributed by atoms with Crippen LogP contribution in [0.2, 0.25) is 0 Å². The Morgan fingerprint density at radius 2 is 2.06 bits per heavy atom. The molecule has 0 amide bonds. The smallest absolute Gasteiger partial charge is 0.481 e. The number of nitrogens with zero attached hydrogens (tertiary/aromatic N) is 1. The van der Waals surface area contributed by atoms with Gasteiger partial charge in [-0.3, -0.25) is 4.79 Å². The summed E-state index contributed by atoms with van der Waals surface area (Å²) in [6.45, 7) is -1.28. The highest BCUT2D eigenvalue weighted by atomic mass is 19.4. The lowest BCUT2D eigenvalue weighted by atomic mass is 10.1. The third kappa shape index (κ3) is 3.82. The zero-order chi connectivity index (χ0) is 13.9. The molecule has 0 saturated heterocycles. The van der Waals surface area contributed by atoms with Crippen molar-refractivity contribution >= 4 is 5.97 Å². The third-order valence-electron chi connectivity index (χ3n) is 1.75. The second-order valence-electron chi connectivity index (χ2n) is 3.14. The molecule has 0 atom stereocenters. The average Bonchev–Trinajstić information content (AvgIpc) is 2.21. The third-order valence-corrected chi connectivity index (χ3v) is 1.75. The van der Waals surface area contributed by atoms with Gasteiger partial charge in [-0.15, -0.1) is 13.2 Å². The lowest BCUT2D eigenvalue weighted by Crippen LogP contribution is -2.20. The van der Waals surface area contributed by atoms with E-state index in [0.29, 0.717) is 0 Å². The molecule has 1 rings (SSSR count). The quantitative estimate of drug-likeness (QED) is 0.853. The number of pyridine rings is 1. The summed E-state index contributed by atoms with van der Waals surface area (Å²) in [5.74, 6) is -4.55. The van der Waals surface area contributed by atoms with Crippen molar-refractivity contribution in [3.8, 4) is 5.88 Å². The number of carbonyl (C=O) groups is 1. The Bertz CT molecular complexity index is 460. The van der Waals surface area contributed by atoms with Crippen LogP contribution in [0.25, 0.3) is 0 Å². The maximum Gasteiger partial charge on any atom is 0.574 e. The SMILES string of the molecule is O=C(O)Cc1cc(CF)nc(OC(F)(F)F)c1F. The second kappa shape index (κ2) is 5.15. The highest BCUT2D eigenvalue weighted by molar-refractivity contribution is 5.70. The van der Waals surface area contributed by atoms with Crippen molar-refractivity contribution in [3.05, 3.63) is 23.1 Å². The summed E-state index contributed by atoms with van der Waals surface area (Å²) >= 11 is 0. The first-order chi connectivity index (χ1) is 8.23. The second-order valence-corrected chi connectivity index (χ2v) is 3.14. The standard InChI is InChI=1S/C9H6F5NO3/c10-3-5-1-4(2-6(16)17)7(11)8(15-5)18-9(12,13)14/h1H,2-3H2,(H,16,17). The number of hydrogen-bond donors (Lipinski definition) is 1. The van der Waals surface area contributed by atoms with E-state index in [9.17, 15) is 26.7 Å². The molecule has 0 aliphatic rings. The number of rotatable bonds is 4. The number of carboxylic acids is 1. The Hall–Kier alpha value is -1.93. The predicted octanol–water partition coefficient (Wildman–Crippen LogP) is 2.22. The number of carboxylic acid groups (broad SMARTS) is 1. The van der Waals surface area contributed by atoms with Crippen LogP contribution in [-0.4, -0.2) is 22.4 Å². The van der Waals surface area contributed by atoms with Gasteiger partial charge in [0.15, 0.2) is 5.82 Å². The van der Waals surface area contributed by atoms with E-state index in [1.165, 1.54) is 0 Å². The number of aromatic nitrogens is 1. The normalized spacial score (nSPS) is 11.4. The molecule has 0 aliphatic heterocycles. The maximum absolute atomic E-state index is 13.4. The first-order valence-corrected chi connectivity index (χ1v) is 4.44. The van der Waals surface area contributed by atoms with Crippen molar-refractivity contribution in [3.63, 3.8) is 0 Å². The monoisotopic (exact) mass is 271 g/mol. The van der Waals surface area contributed by atoms with Gasteiger partial charge in [-0.2, -0.15) is 0 Å². The van der Waals surface area contributed by atoms with E-state index in [0.717, 1.165) is 6.07 Å². The maximum atomic E-state index is 13.4. The zero-order valence-electron chi connectivity index (χ0n) is 8.59. The van der Waals surface area contributed by atoms with Gasteiger partial charge < -0.3 is 9.84 Å². The number of ether oxygens (including phenoxy) is 1. The molecule has 9 heteroatoms. The minimum atomic E-state index is -5.21.